The Hall–Kier alpha value is -1.69. The third-order valence-electron chi connectivity index (χ3n) is 2.13. The molecule has 0 spiro atoms. The molecule has 88 valence electrons. The molecule has 0 aromatic heterocycles. The number of aliphatic hydroxyl groups excluding tert-OH is 1. The van der Waals surface area contributed by atoms with Crippen molar-refractivity contribution in [2.24, 2.45) is 0 Å². The largest absolute Gasteiger partial charge is 0.452 e. The summed E-state index contributed by atoms with van der Waals surface area (Å²) in [4.78, 5) is 34.3. The van der Waals surface area contributed by atoms with Crippen molar-refractivity contribution < 1.29 is 24.2 Å². The third kappa shape index (κ3) is 2.66. The molecule has 1 atom stereocenters. The summed E-state index contributed by atoms with van der Waals surface area (Å²) in [6.07, 6.45) is -0.760. The van der Waals surface area contributed by atoms with Crippen molar-refractivity contribution in [1.29, 1.82) is 0 Å². The van der Waals surface area contributed by atoms with E-state index in [1.807, 2.05) is 0 Å². The first-order valence-electron chi connectivity index (χ1n) is 4.79. The Morgan fingerprint density at radius 1 is 1.62 bits per heavy atom. The molecular weight excluding hydrogens is 214 g/mol. The second-order valence-corrected chi connectivity index (χ2v) is 3.53. The van der Waals surface area contributed by atoms with E-state index >= 15 is 0 Å². The second kappa shape index (κ2) is 4.89. The van der Waals surface area contributed by atoms with Gasteiger partial charge < -0.3 is 9.84 Å². The van der Waals surface area contributed by atoms with Crippen molar-refractivity contribution in [1.82, 2.24) is 4.90 Å². The Morgan fingerprint density at radius 2 is 2.25 bits per heavy atom. The zero-order valence-corrected chi connectivity index (χ0v) is 8.93. The van der Waals surface area contributed by atoms with Gasteiger partial charge in [-0.1, -0.05) is 6.58 Å². The first-order valence-corrected chi connectivity index (χ1v) is 4.79. The number of esters is 1. The van der Waals surface area contributed by atoms with Crippen molar-refractivity contribution in [3.05, 3.63) is 12.2 Å². The van der Waals surface area contributed by atoms with Crippen LogP contribution in [-0.2, 0) is 19.1 Å². The average Bonchev–Trinajstić information content (AvgIpc) is 2.54. The Morgan fingerprint density at radius 3 is 2.69 bits per heavy atom. The first kappa shape index (κ1) is 12.4. The smallest absolute Gasteiger partial charge is 0.333 e. The highest BCUT2D eigenvalue weighted by Gasteiger charge is 2.34. The summed E-state index contributed by atoms with van der Waals surface area (Å²) < 4.78 is 4.58. The van der Waals surface area contributed by atoms with Gasteiger partial charge in [0.1, 0.15) is 6.23 Å². The van der Waals surface area contributed by atoms with Gasteiger partial charge in [-0.25, -0.2) is 4.79 Å². The Bertz CT molecular complexity index is 349. The molecule has 1 aliphatic rings. The van der Waals surface area contributed by atoms with Gasteiger partial charge in [-0.15, -0.1) is 0 Å². The van der Waals surface area contributed by atoms with Gasteiger partial charge in [0.05, 0.1) is 0 Å². The van der Waals surface area contributed by atoms with Crippen LogP contribution in [-0.4, -0.2) is 40.6 Å². The predicted octanol–water partition coefficient (Wildman–Crippen LogP) is -0.427. The standard InChI is InChI=1S/C10H13NO5/c1-6(2)10(15)16-5-9(14)11-7(12)3-4-8(11)13/h7,12H,1,3-5H2,2H3. The van der Waals surface area contributed by atoms with Crippen molar-refractivity contribution >= 4 is 17.8 Å². The topological polar surface area (TPSA) is 83.9 Å². The van der Waals surface area contributed by atoms with Crippen LogP contribution in [0.15, 0.2) is 12.2 Å². The number of aliphatic hydroxyl groups is 1. The van der Waals surface area contributed by atoms with Crippen LogP contribution in [0.3, 0.4) is 0 Å². The second-order valence-electron chi connectivity index (χ2n) is 3.53. The molecule has 0 saturated carbocycles. The van der Waals surface area contributed by atoms with Crippen molar-refractivity contribution in [3.63, 3.8) is 0 Å². The highest BCUT2D eigenvalue weighted by molar-refractivity contribution is 5.98. The highest BCUT2D eigenvalue weighted by Crippen LogP contribution is 2.16. The molecular formula is C10H13NO5. The molecule has 6 heteroatoms. The van der Waals surface area contributed by atoms with Crippen LogP contribution in [0, 0.1) is 0 Å². The van der Waals surface area contributed by atoms with E-state index < -0.39 is 30.6 Å². The van der Waals surface area contributed by atoms with Crippen LogP contribution in [0.5, 0.6) is 0 Å². The summed E-state index contributed by atoms with van der Waals surface area (Å²) in [5, 5.41) is 9.33. The molecule has 1 aliphatic heterocycles. The van der Waals surface area contributed by atoms with Gasteiger partial charge in [-0.3, -0.25) is 14.5 Å². The molecule has 2 amide bonds. The van der Waals surface area contributed by atoms with E-state index in [2.05, 4.69) is 11.3 Å². The summed E-state index contributed by atoms with van der Waals surface area (Å²) in [6, 6.07) is 0. The normalized spacial score (nSPS) is 19.8. The lowest BCUT2D eigenvalue weighted by molar-refractivity contribution is -0.158. The summed E-state index contributed by atoms with van der Waals surface area (Å²) in [5.41, 5.74) is 0.168. The molecule has 16 heavy (non-hydrogen) atoms. The van der Waals surface area contributed by atoms with Crippen molar-refractivity contribution in [3.8, 4) is 0 Å². The quantitative estimate of drug-likeness (QED) is 0.522. The fourth-order valence-electron chi connectivity index (χ4n) is 1.29. The number of likely N-dealkylation sites (tertiary alicyclic amines) is 1. The monoisotopic (exact) mass is 227 g/mol. The minimum Gasteiger partial charge on any atom is -0.452 e. The van der Waals surface area contributed by atoms with E-state index in [0.29, 0.717) is 4.90 Å². The Kier molecular flexibility index (Phi) is 3.78. The summed E-state index contributed by atoms with van der Waals surface area (Å²) in [7, 11) is 0. The number of carbonyl (C=O) groups is 3. The highest BCUT2D eigenvalue weighted by atomic mass is 16.5. The van der Waals surface area contributed by atoms with Crippen molar-refractivity contribution in [2.75, 3.05) is 6.61 Å². The van der Waals surface area contributed by atoms with Gasteiger partial charge in [0, 0.05) is 18.4 Å². The molecule has 0 aromatic rings. The van der Waals surface area contributed by atoms with Gasteiger partial charge in [-0.05, 0) is 6.92 Å². The molecule has 6 nitrogen and oxygen atoms in total. The number of nitrogens with zero attached hydrogens (tertiary/aromatic N) is 1. The lowest BCUT2D eigenvalue weighted by Crippen LogP contribution is -2.41. The first-order chi connectivity index (χ1) is 7.43. The predicted molar refractivity (Wildman–Crippen MR) is 52.9 cm³/mol. The van der Waals surface area contributed by atoms with Gasteiger partial charge in [0.2, 0.25) is 5.91 Å². The number of hydrogen-bond donors (Lipinski definition) is 1. The van der Waals surface area contributed by atoms with E-state index in [-0.39, 0.29) is 18.4 Å². The molecule has 1 heterocycles. The number of amides is 2. The van der Waals surface area contributed by atoms with Crippen LogP contribution in [0.25, 0.3) is 0 Å². The minimum absolute atomic E-state index is 0.126. The van der Waals surface area contributed by atoms with Gasteiger partial charge in [0.25, 0.3) is 5.91 Å². The minimum atomic E-state index is -1.11. The Labute approximate surface area is 92.5 Å². The van der Waals surface area contributed by atoms with Crippen LogP contribution in [0.2, 0.25) is 0 Å². The molecule has 0 bridgehead atoms. The van der Waals surface area contributed by atoms with Crippen molar-refractivity contribution in [2.45, 2.75) is 26.0 Å². The van der Waals surface area contributed by atoms with Crippen LogP contribution >= 0.6 is 0 Å². The van der Waals surface area contributed by atoms with E-state index in [0.717, 1.165) is 0 Å². The molecule has 1 fully saturated rings. The molecule has 1 rings (SSSR count). The zero-order valence-electron chi connectivity index (χ0n) is 8.93. The third-order valence-corrected chi connectivity index (χ3v) is 2.13. The fraction of sp³-hybridized carbons (Fsp3) is 0.500. The molecule has 1 unspecified atom stereocenters. The SMILES string of the molecule is C=C(C)C(=O)OCC(=O)N1C(=O)CCC1O. The number of hydrogen-bond acceptors (Lipinski definition) is 5. The summed E-state index contributed by atoms with van der Waals surface area (Å²) in [5.74, 6) is -1.87. The summed E-state index contributed by atoms with van der Waals surface area (Å²) in [6.45, 7) is 4.23. The number of imide groups is 1. The fourth-order valence-corrected chi connectivity index (χ4v) is 1.29. The van der Waals surface area contributed by atoms with E-state index in [9.17, 15) is 19.5 Å². The molecule has 0 aromatic carbocycles. The van der Waals surface area contributed by atoms with Crippen LogP contribution < -0.4 is 0 Å². The van der Waals surface area contributed by atoms with Gasteiger partial charge in [-0.2, -0.15) is 0 Å². The average molecular weight is 227 g/mol. The van der Waals surface area contributed by atoms with E-state index in [1.54, 1.807) is 0 Å². The maximum Gasteiger partial charge on any atom is 0.333 e. The van der Waals surface area contributed by atoms with Gasteiger partial charge in [0.15, 0.2) is 6.61 Å². The number of rotatable bonds is 3. The molecule has 0 aliphatic carbocycles. The molecule has 0 radical (unpaired) electrons. The molecule has 1 N–H and O–H groups in total. The van der Waals surface area contributed by atoms with E-state index in [1.165, 1.54) is 6.92 Å². The lowest BCUT2D eigenvalue weighted by atomic mass is 10.4. The van der Waals surface area contributed by atoms with Crippen LogP contribution in [0.4, 0.5) is 0 Å². The lowest BCUT2D eigenvalue weighted by Gasteiger charge is -2.17. The number of ether oxygens (including phenoxy) is 1. The number of carbonyl (C=O) groups excluding carboxylic acids is 3. The Balaban J connectivity index is 2.49. The zero-order chi connectivity index (χ0) is 12.3. The molecule has 1 saturated heterocycles. The summed E-state index contributed by atoms with van der Waals surface area (Å²) >= 11 is 0. The van der Waals surface area contributed by atoms with Crippen LogP contribution in [0.1, 0.15) is 19.8 Å². The maximum absolute atomic E-state index is 11.4. The van der Waals surface area contributed by atoms with Gasteiger partial charge >= 0.3 is 5.97 Å². The maximum atomic E-state index is 11.4. The van der Waals surface area contributed by atoms with E-state index in [4.69, 9.17) is 0 Å².